The van der Waals surface area contributed by atoms with Crippen LogP contribution in [0.3, 0.4) is 0 Å². The molecule has 1 aliphatic carbocycles. The lowest BCUT2D eigenvalue weighted by Crippen LogP contribution is -2.20. The number of hydrogen-bond acceptors (Lipinski definition) is 2. The summed E-state index contributed by atoms with van der Waals surface area (Å²) in [7, 11) is 1.95. The van der Waals surface area contributed by atoms with E-state index in [-0.39, 0.29) is 11.9 Å². The third-order valence-corrected chi connectivity index (χ3v) is 2.97. The van der Waals surface area contributed by atoms with Crippen molar-refractivity contribution in [2.75, 3.05) is 11.9 Å². The molecular weight excluding hydrogens is 191 g/mol. The molecule has 2 nitrogen and oxygen atoms in total. The second-order valence-electron chi connectivity index (χ2n) is 4.34. The zero-order valence-corrected chi connectivity index (χ0v) is 9.20. The first-order valence-electron chi connectivity index (χ1n) is 5.37. The fourth-order valence-electron chi connectivity index (χ4n) is 1.75. The minimum absolute atomic E-state index is 0.111. The van der Waals surface area contributed by atoms with Crippen LogP contribution in [0.4, 0.5) is 10.1 Å². The van der Waals surface area contributed by atoms with Gasteiger partial charge in [0.25, 0.3) is 0 Å². The number of anilines is 1. The average molecular weight is 208 g/mol. The summed E-state index contributed by atoms with van der Waals surface area (Å²) in [6.07, 6.45) is 2.34. The van der Waals surface area contributed by atoms with E-state index in [4.69, 9.17) is 5.73 Å². The Morgan fingerprint density at radius 2 is 2.13 bits per heavy atom. The molecule has 1 aromatic rings. The van der Waals surface area contributed by atoms with Crippen molar-refractivity contribution >= 4 is 5.69 Å². The number of nitrogens with two attached hydrogens (primary N) is 1. The molecule has 2 N–H and O–H groups in total. The van der Waals surface area contributed by atoms with Crippen LogP contribution in [0.15, 0.2) is 18.2 Å². The van der Waals surface area contributed by atoms with Gasteiger partial charge in [-0.2, -0.15) is 0 Å². The zero-order valence-electron chi connectivity index (χ0n) is 9.20. The maximum Gasteiger partial charge on any atom is 0.146 e. The second-order valence-corrected chi connectivity index (χ2v) is 4.34. The molecule has 2 rings (SSSR count). The maximum atomic E-state index is 13.8. The molecule has 1 aromatic carbocycles. The largest absolute Gasteiger partial charge is 0.369 e. The highest BCUT2D eigenvalue weighted by Gasteiger charge is 2.27. The standard InChI is InChI=1S/C12H17FN2/c1-8(14)9-3-6-12(11(13)7-9)15(2)10-4-5-10/h3,6-8,10H,4-5,14H2,1-2H3. The number of halogens is 1. The van der Waals surface area contributed by atoms with Crippen LogP contribution in [0.5, 0.6) is 0 Å². The van der Waals surface area contributed by atoms with E-state index < -0.39 is 0 Å². The summed E-state index contributed by atoms with van der Waals surface area (Å²) in [5, 5.41) is 0. The smallest absolute Gasteiger partial charge is 0.146 e. The van der Waals surface area contributed by atoms with Gasteiger partial charge in [0.1, 0.15) is 5.82 Å². The minimum Gasteiger partial charge on any atom is -0.369 e. The maximum absolute atomic E-state index is 13.8. The SMILES string of the molecule is CC(N)c1ccc(N(C)C2CC2)c(F)c1. The Morgan fingerprint density at radius 1 is 1.47 bits per heavy atom. The summed E-state index contributed by atoms with van der Waals surface area (Å²) in [5.41, 5.74) is 7.23. The first kappa shape index (κ1) is 10.4. The Kier molecular flexibility index (Phi) is 2.65. The Morgan fingerprint density at radius 3 is 2.60 bits per heavy atom. The molecule has 0 radical (unpaired) electrons. The van der Waals surface area contributed by atoms with Gasteiger partial charge in [0.2, 0.25) is 0 Å². The molecule has 1 saturated carbocycles. The first-order valence-corrected chi connectivity index (χ1v) is 5.37. The van der Waals surface area contributed by atoms with Crippen molar-refractivity contribution in [2.24, 2.45) is 5.73 Å². The van der Waals surface area contributed by atoms with Gasteiger partial charge >= 0.3 is 0 Å². The molecule has 1 unspecified atom stereocenters. The van der Waals surface area contributed by atoms with Crippen LogP contribution in [0.2, 0.25) is 0 Å². The lowest BCUT2D eigenvalue weighted by atomic mass is 10.1. The molecule has 0 aromatic heterocycles. The van der Waals surface area contributed by atoms with Gasteiger partial charge in [-0.1, -0.05) is 6.07 Å². The third-order valence-electron chi connectivity index (χ3n) is 2.97. The van der Waals surface area contributed by atoms with Gasteiger partial charge in [0, 0.05) is 19.1 Å². The van der Waals surface area contributed by atoms with E-state index in [1.165, 1.54) is 12.8 Å². The summed E-state index contributed by atoms with van der Waals surface area (Å²) in [6.45, 7) is 1.86. The van der Waals surface area contributed by atoms with Crippen molar-refractivity contribution in [3.8, 4) is 0 Å². The van der Waals surface area contributed by atoms with E-state index in [1.807, 2.05) is 31.0 Å². The van der Waals surface area contributed by atoms with E-state index in [9.17, 15) is 4.39 Å². The first-order chi connectivity index (χ1) is 7.09. The summed E-state index contributed by atoms with van der Waals surface area (Å²) in [6, 6.07) is 5.69. The van der Waals surface area contributed by atoms with Gasteiger partial charge in [-0.3, -0.25) is 0 Å². The highest BCUT2D eigenvalue weighted by atomic mass is 19.1. The van der Waals surface area contributed by atoms with Crippen molar-refractivity contribution in [1.82, 2.24) is 0 Å². The molecule has 82 valence electrons. The summed E-state index contributed by atoms with van der Waals surface area (Å²) in [4.78, 5) is 2.01. The number of rotatable bonds is 3. The van der Waals surface area contributed by atoms with E-state index in [1.54, 1.807) is 6.07 Å². The molecule has 3 heteroatoms. The summed E-state index contributed by atoms with van der Waals surface area (Å²) < 4.78 is 13.8. The Bertz CT molecular complexity index is 359. The number of hydrogen-bond donors (Lipinski definition) is 1. The number of nitrogens with zero attached hydrogens (tertiary/aromatic N) is 1. The molecule has 1 fully saturated rings. The monoisotopic (exact) mass is 208 g/mol. The zero-order chi connectivity index (χ0) is 11.0. The van der Waals surface area contributed by atoms with E-state index in [0.717, 1.165) is 5.56 Å². The molecule has 0 heterocycles. The Hall–Kier alpha value is -1.09. The normalized spacial score (nSPS) is 17.6. The fraction of sp³-hybridized carbons (Fsp3) is 0.500. The van der Waals surface area contributed by atoms with Gasteiger partial charge in [0.05, 0.1) is 5.69 Å². The molecule has 0 bridgehead atoms. The van der Waals surface area contributed by atoms with Crippen molar-refractivity contribution in [1.29, 1.82) is 0 Å². The predicted octanol–water partition coefficient (Wildman–Crippen LogP) is 2.44. The van der Waals surface area contributed by atoms with Crippen molar-refractivity contribution in [3.63, 3.8) is 0 Å². The molecular formula is C12H17FN2. The van der Waals surface area contributed by atoms with Gasteiger partial charge in [0.15, 0.2) is 0 Å². The lowest BCUT2D eigenvalue weighted by Gasteiger charge is -2.20. The van der Waals surface area contributed by atoms with Crippen LogP contribution in [0.25, 0.3) is 0 Å². The van der Waals surface area contributed by atoms with E-state index in [0.29, 0.717) is 11.7 Å². The number of benzene rings is 1. The Balaban J connectivity index is 2.25. The second kappa shape index (κ2) is 3.81. The van der Waals surface area contributed by atoms with Crippen LogP contribution in [0, 0.1) is 5.82 Å². The molecule has 15 heavy (non-hydrogen) atoms. The van der Waals surface area contributed by atoms with Gasteiger partial charge in [-0.05, 0) is 37.5 Å². The minimum atomic E-state index is -0.167. The topological polar surface area (TPSA) is 29.3 Å². The van der Waals surface area contributed by atoms with Crippen LogP contribution >= 0.6 is 0 Å². The summed E-state index contributed by atoms with van der Waals surface area (Å²) >= 11 is 0. The van der Waals surface area contributed by atoms with Gasteiger partial charge in [-0.15, -0.1) is 0 Å². The fourth-order valence-corrected chi connectivity index (χ4v) is 1.75. The molecule has 0 saturated heterocycles. The molecule has 0 spiro atoms. The third kappa shape index (κ3) is 2.12. The highest BCUT2D eigenvalue weighted by molar-refractivity contribution is 5.50. The van der Waals surface area contributed by atoms with Crippen LogP contribution in [0.1, 0.15) is 31.4 Å². The van der Waals surface area contributed by atoms with Crippen LogP contribution < -0.4 is 10.6 Å². The quantitative estimate of drug-likeness (QED) is 0.826. The van der Waals surface area contributed by atoms with Gasteiger partial charge < -0.3 is 10.6 Å². The van der Waals surface area contributed by atoms with Crippen molar-refractivity contribution < 1.29 is 4.39 Å². The highest BCUT2D eigenvalue weighted by Crippen LogP contribution is 2.32. The van der Waals surface area contributed by atoms with Crippen molar-refractivity contribution in [2.45, 2.75) is 31.8 Å². The lowest BCUT2D eigenvalue weighted by molar-refractivity contribution is 0.616. The molecule has 0 amide bonds. The Labute approximate surface area is 89.9 Å². The van der Waals surface area contributed by atoms with Gasteiger partial charge in [-0.25, -0.2) is 4.39 Å². The molecule has 0 aliphatic heterocycles. The molecule has 1 aliphatic rings. The van der Waals surface area contributed by atoms with Crippen LogP contribution in [-0.4, -0.2) is 13.1 Å². The van der Waals surface area contributed by atoms with Crippen LogP contribution in [-0.2, 0) is 0 Å². The molecule has 1 atom stereocenters. The van der Waals surface area contributed by atoms with E-state index in [2.05, 4.69) is 0 Å². The predicted molar refractivity (Wildman–Crippen MR) is 60.4 cm³/mol. The summed E-state index contributed by atoms with van der Waals surface area (Å²) in [5.74, 6) is -0.167. The average Bonchev–Trinajstić information content (AvgIpc) is 2.99. The van der Waals surface area contributed by atoms with Crippen molar-refractivity contribution in [3.05, 3.63) is 29.6 Å². The van der Waals surface area contributed by atoms with E-state index >= 15 is 0 Å².